The number of rotatable bonds is 5. The van der Waals surface area contributed by atoms with Crippen molar-refractivity contribution < 1.29 is 4.74 Å². The highest BCUT2D eigenvalue weighted by Gasteiger charge is 2.09. The van der Waals surface area contributed by atoms with Crippen LogP contribution in [0.3, 0.4) is 0 Å². The van der Waals surface area contributed by atoms with E-state index >= 15 is 0 Å². The molecule has 0 aliphatic rings. The number of nitrogens with two attached hydrogens (primary N) is 1. The number of ether oxygens (including phenoxy) is 1. The number of hydrogen-bond donors (Lipinski definition) is 1. The fourth-order valence-electron chi connectivity index (χ4n) is 1.68. The minimum atomic E-state index is 0.389. The number of hydrogen-bond acceptors (Lipinski definition) is 6. The van der Waals surface area contributed by atoms with Crippen molar-refractivity contribution in [2.45, 2.75) is 24.4 Å². The highest BCUT2D eigenvalue weighted by atomic mass is 32.2. The van der Waals surface area contributed by atoms with E-state index in [0.717, 1.165) is 28.1 Å². The summed E-state index contributed by atoms with van der Waals surface area (Å²) in [4.78, 5) is 4.47. The fourth-order valence-corrected chi connectivity index (χ4v) is 2.50. The number of nitrogens with zero attached hydrogens (tertiary/aromatic N) is 4. The Balaban J connectivity index is 2.09. The summed E-state index contributed by atoms with van der Waals surface area (Å²) in [6.07, 6.45) is 0. The third-order valence-electron chi connectivity index (χ3n) is 2.67. The molecule has 0 spiro atoms. The molecule has 0 aromatic carbocycles. The van der Waals surface area contributed by atoms with E-state index in [9.17, 15) is 0 Å². The lowest BCUT2D eigenvalue weighted by molar-refractivity contribution is 0.413. The lowest BCUT2D eigenvalue weighted by Gasteiger charge is -2.06. The van der Waals surface area contributed by atoms with Crippen LogP contribution in [-0.2, 0) is 19.3 Å². The van der Waals surface area contributed by atoms with Gasteiger partial charge < -0.3 is 15.0 Å². The van der Waals surface area contributed by atoms with Crippen LogP contribution < -0.4 is 10.5 Å². The van der Waals surface area contributed by atoms with E-state index < -0.39 is 0 Å². The molecule has 2 N–H and O–H groups in total. The Morgan fingerprint density at radius 3 is 2.79 bits per heavy atom. The van der Waals surface area contributed by atoms with Crippen LogP contribution in [0.1, 0.15) is 17.2 Å². The maximum absolute atomic E-state index is 5.57. The van der Waals surface area contributed by atoms with Crippen LogP contribution in [0.4, 0.5) is 0 Å². The molecule has 0 aliphatic heterocycles. The molecule has 0 bridgehead atoms. The highest BCUT2D eigenvalue weighted by molar-refractivity contribution is 7.98. The number of pyridine rings is 1. The zero-order valence-electron chi connectivity index (χ0n) is 11.3. The van der Waals surface area contributed by atoms with Gasteiger partial charge in [-0.25, -0.2) is 0 Å². The van der Waals surface area contributed by atoms with Gasteiger partial charge in [0, 0.05) is 30.6 Å². The van der Waals surface area contributed by atoms with Crippen molar-refractivity contribution in [3.05, 3.63) is 29.3 Å². The van der Waals surface area contributed by atoms with Gasteiger partial charge in [-0.2, -0.15) is 0 Å². The number of methoxy groups -OCH3 is 1. The van der Waals surface area contributed by atoms with Gasteiger partial charge in [-0.3, -0.25) is 4.98 Å². The van der Waals surface area contributed by atoms with Crippen molar-refractivity contribution in [2.24, 2.45) is 12.8 Å². The van der Waals surface area contributed by atoms with Crippen LogP contribution in [0, 0.1) is 6.92 Å². The molecule has 0 radical (unpaired) electrons. The summed E-state index contributed by atoms with van der Waals surface area (Å²) >= 11 is 1.58. The Kier molecular flexibility index (Phi) is 4.39. The zero-order chi connectivity index (χ0) is 13.8. The van der Waals surface area contributed by atoms with Crippen LogP contribution in [0.5, 0.6) is 5.75 Å². The molecule has 0 saturated carbocycles. The number of thioether (sulfide) groups is 1. The van der Waals surface area contributed by atoms with Gasteiger partial charge >= 0.3 is 0 Å². The van der Waals surface area contributed by atoms with Crippen molar-refractivity contribution in [1.82, 2.24) is 19.7 Å². The molecule has 0 fully saturated rings. The van der Waals surface area contributed by atoms with Gasteiger partial charge in [0.15, 0.2) is 5.16 Å². The molecular weight excluding hydrogens is 262 g/mol. The van der Waals surface area contributed by atoms with Crippen molar-refractivity contribution in [2.75, 3.05) is 7.11 Å². The van der Waals surface area contributed by atoms with Crippen LogP contribution in [-0.4, -0.2) is 26.9 Å². The van der Waals surface area contributed by atoms with Crippen LogP contribution in [0.25, 0.3) is 0 Å². The highest BCUT2D eigenvalue weighted by Crippen LogP contribution is 2.22. The average Bonchev–Trinajstić information content (AvgIpc) is 2.76. The van der Waals surface area contributed by atoms with Gasteiger partial charge in [0.1, 0.15) is 11.6 Å². The van der Waals surface area contributed by atoms with Crippen LogP contribution >= 0.6 is 11.8 Å². The first kappa shape index (κ1) is 13.8. The summed E-state index contributed by atoms with van der Waals surface area (Å²) < 4.78 is 7.13. The first-order chi connectivity index (χ1) is 9.13. The Morgan fingerprint density at radius 1 is 1.37 bits per heavy atom. The summed E-state index contributed by atoms with van der Waals surface area (Å²) in [6, 6.07) is 3.84. The van der Waals surface area contributed by atoms with Gasteiger partial charge in [0.2, 0.25) is 0 Å². The van der Waals surface area contributed by atoms with Crippen molar-refractivity contribution in [1.29, 1.82) is 0 Å². The normalized spacial score (nSPS) is 10.7. The fraction of sp³-hybridized carbons (Fsp3) is 0.417. The first-order valence-electron chi connectivity index (χ1n) is 5.86. The monoisotopic (exact) mass is 279 g/mol. The smallest absolute Gasteiger partial charge is 0.191 e. The largest absolute Gasteiger partial charge is 0.497 e. The quantitative estimate of drug-likeness (QED) is 0.831. The third-order valence-corrected chi connectivity index (χ3v) is 3.73. The van der Waals surface area contributed by atoms with E-state index in [2.05, 4.69) is 15.2 Å². The summed E-state index contributed by atoms with van der Waals surface area (Å²) in [5.74, 6) is 2.31. The van der Waals surface area contributed by atoms with Gasteiger partial charge in [0.25, 0.3) is 0 Å². The van der Waals surface area contributed by atoms with E-state index in [1.165, 1.54) is 0 Å². The van der Waals surface area contributed by atoms with E-state index in [4.69, 9.17) is 10.5 Å². The second kappa shape index (κ2) is 6.03. The molecule has 2 heterocycles. The lowest BCUT2D eigenvalue weighted by Crippen LogP contribution is -2.05. The van der Waals surface area contributed by atoms with Gasteiger partial charge in [-0.15, -0.1) is 10.2 Å². The SMILES string of the molecule is COc1cc(C)nc(CSc2nnc(CN)n2C)c1. The molecule has 7 heteroatoms. The topological polar surface area (TPSA) is 78.8 Å². The molecule has 6 nitrogen and oxygen atoms in total. The van der Waals surface area contributed by atoms with Crippen molar-refractivity contribution in [3.63, 3.8) is 0 Å². The lowest BCUT2D eigenvalue weighted by atomic mass is 10.3. The second-order valence-corrected chi connectivity index (χ2v) is 5.03. The van der Waals surface area contributed by atoms with Crippen molar-refractivity contribution >= 4 is 11.8 Å². The van der Waals surface area contributed by atoms with Gasteiger partial charge in [-0.1, -0.05) is 11.8 Å². The third kappa shape index (κ3) is 3.24. The summed E-state index contributed by atoms with van der Waals surface area (Å²) in [5, 5.41) is 8.96. The van der Waals surface area contributed by atoms with Crippen molar-refractivity contribution in [3.8, 4) is 5.75 Å². The molecule has 0 unspecified atom stereocenters. The van der Waals surface area contributed by atoms with Crippen LogP contribution in [0.15, 0.2) is 17.3 Å². The molecule has 2 aromatic heterocycles. The van der Waals surface area contributed by atoms with E-state index in [-0.39, 0.29) is 0 Å². The maximum atomic E-state index is 5.57. The van der Waals surface area contributed by atoms with Gasteiger partial charge in [0.05, 0.1) is 19.3 Å². The minimum Gasteiger partial charge on any atom is -0.497 e. The Hall–Kier alpha value is -1.60. The molecule has 102 valence electrons. The Morgan fingerprint density at radius 2 is 2.16 bits per heavy atom. The van der Waals surface area contributed by atoms with E-state index in [1.807, 2.05) is 30.7 Å². The first-order valence-corrected chi connectivity index (χ1v) is 6.85. The summed E-state index contributed by atoms with van der Waals surface area (Å²) in [6.45, 7) is 2.34. The summed E-state index contributed by atoms with van der Waals surface area (Å²) in [7, 11) is 3.57. The van der Waals surface area contributed by atoms with Gasteiger partial charge in [-0.05, 0) is 6.92 Å². The second-order valence-electron chi connectivity index (χ2n) is 4.09. The predicted molar refractivity (Wildman–Crippen MR) is 74.0 cm³/mol. The Bertz CT molecular complexity index is 569. The molecule has 0 atom stereocenters. The van der Waals surface area contributed by atoms with Crippen LogP contribution in [0.2, 0.25) is 0 Å². The Labute approximate surface area is 116 Å². The molecule has 2 aromatic rings. The maximum Gasteiger partial charge on any atom is 0.191 e. The molecule has 0 aliphatic carbocycles. The molecule has 0 amide bonds. The molecular formula is C12H17N5OS. The zero-order valence-corrected chi connectivity index (χ0v) is 12.1. The summed E-state index contributed by atoms with van der Waals surface area (Å²) in [5.41, 5.74) is 7.47. The number of aryl methyl sites for hydroxylation is 1. The number of aromatic nitrogens is 4. The minimum absolute atomic E-state index is 0.389. The molecule has 2 rings (SSSR count). The van der Waals surface area contributed by atoms with E-state index in [1.54, 1.807) is 18.9 Å². The molecule has 19 heavy (non-hydrogen) atoms. The average molecular weight is 279 g/mol. The van der Waals surface area contributed by atoms with E-state index in [0.29, 0.717) is 12.3 Å². The molecule has 0 saturated heterocycles. The standard InChI is InChI=1S/C12H17N5OS/c1-8-4-10(18-3)5-9(14-8)7-19-12-16-15-11(6-13)17(12)2/h4-5H,6-7,13H2,1-3H3. The predicted octanol–water partition coefficient (Wildman–Crippen LogP) is 1.28.